The molecule has 0 aliphatic rings. The second kappa shape index (κ2) is 5.66. The molecule has 0 aliphatic carbocycles. The molecular formula is C12H18N2O4. The molecule has 18 heavy (non-hydrogen) atoms. The summed E-state index contributed by atoms with van der Waals surface area (Å²) in [5.41, 5.74) is 0.733. The molecule has 100 valence electrons. The van der Waals surface area contributed by atoms with Crippen LogP contribution in [0.5, 0.6) is 0 Å². The molecule has 0 unspecified atom stereocenters. The molecule has 0 saturated heterocycles. The van der Waals surface area contributed by atoms with Crippen molar-refractivity contribution < 1.29 is 19.1 Å². The molecule has 0 aromatic carbocycles. The lowest BCUT2D eigenvalue weighted by atomic mass is 10.0. The highest BCUT2D eigenvalue weighted by molar-refractivity contribution is 5.84. The number of rotatable bonds is 5. The van der Waals surface area contributed by atoms with Crippen molar-refractivity contribution in [2.75, 3.05) is 0 Å². The summed E-state index contributed by atoms with van der Waals surface area (Å²) in [5.74, 6) is -0.665. The van der Waals surface area contributed by atoms with Gasteiger partial charge in [0, 0.05) is 0 Å². The van der Waals surface area contributed by atoms with E-state index >= 15 is 0 Å². The normalized spacial score (nSPS) is 12.5. The highest BCUT2D eigenvalue weighted by Crippen LogP contribution is 2.09. The van der Waals surface area contributed by atoms with E-state index in [-0.39, 0.29) is 12.3 Å². The van der Waals surface area contributed by atoms with Gasteiger partial charge in [-0.25, -0.2) is 9.78 Å². The Morgan fingerprint density at radius 1 is 1.39 bits per heavy atom. The molecule has 1 amide bonds. The minimum atomic E-state index is -1.04. The van der Waals surface area contributed by atoms with Crippen LogP contribution in [0.15, 0.2) is 4.42 Å². The van der Waals surface area contributed by atoms with Crippen molar-refractivity contribution in [1.29, 1.82) is 0 Å². The van der Waals surface area contributed by atoms with Gasteiger partial charge in [-0.15, -0.1) is 0 Å². The molecule has 0 fully saturated rings. The Hall–Kier alpha value is -1.85. The van der Waals surface area contributed by atoms with Gasteiger partial charge in [-0.2, -0.15) is 0 Å². The summed E-state index contributed by atoms with van der Waals surface area (Å²) < 4.78 is 5.27. The van der Waals surface area contributed by atoms with Gasteiger partial charge in [0.25, 0.3) is 0 Å². The molecular weight excluding hydrogens is 236 g/mol. The molecule has 0 bridgehead atoms. The Labute approximate surface area is 105 Å². The Balaban J connectivity index is 2.63. The molecule has 1 heterocycles. The van der Waals surface area contributed by atoms with Crippen molar-refractivity contribution in [1.82, 2.24) is 10.3 Å². The average molecular weight is 254 g/mol. The number of carboxylic acids is 1. The highest BCUT2D eigenvalue weighted by Gasteiger charge is 2.24. The number of amides is 1. The standard InChI is InChI=1S/C12H18N2O4/c1-6(2)11(12(16)17)14-9(15)5-10-13-7(3)8(4)18-10/h6,11H,5H2,1-4H3,(H,14,15)(H,16,17)/t11-/m0/s1. The monoisotopic (exact) mass is 254 g/mol. The molecule has 6 heteroatoms. The summed E-state index contributed by atoms with van der Waals surface area (Å²) in [7, 11) is 0. The molecule has 1 aromatic heterocycles. The minimum Gasteiger partial charge on any atom is -0.480 e. The number of nitrogens with one attached hydrogen (secondary N) is 1. The number of aliphatic carboxylic acids is 1. The van der Waals surface area contributed by atoms with Gasteiger partial charge in [0.15, 0.2) is 0 Å². The number of hydrogen-bond acceptors (Lipinski definition) is 4. The Morgan fingerprint density at radius 2 is 2.00 bits per heavy atom. The van der Waals surface area contributed by atoms with Crippen molar-refractivity contribution in [3.8, 4) is 0 Å². The van der Waals surface area contributed by atoms with Crippen LogP contribution >= 0.6 is 0 Å². The Bertz CT molecular complexity index is 431. The van der Waals surface area contributed by atoms with Crippen LogP contribution < -0.4 is 5.32 Å². The molecule has 0 saturated carbocycles. The maximum absolute atomic E-state index is 11.7. The first kappa shape index (κ1) is 14.2. The van der Waals surface area contributed by atoms with E-state index in [2.05, 4.69) is 10.3 Å². The first-order valence-electron chi connectivity index (χ1n) is 5.76. The van der Waals surface area contributed by atoms with E-state index in [9.17, 15) is 9.59 Å². The van der Waals surface area contributed by atoms with Crippen LogP contribution in [0.2, 0.25) is 0 Å². The fourth-order valence-corrected chi connectivity index (χ4v) is 1.49. The lowest BCUT2D eigenvalue weighted by molar-refractivity contribution is -0.143. The third-order valence-corrected chi connectivity index (χ3v) is 2.63. The lowest BCUT2D eigenvalue weighted by Crippen LogP contribution is -2.44. The summed E-state index contributed by atoms with van der Waals surface area (Å²) >= 11 is 0. The number of carbonyl (C=O) groups excluding carboxylic acids is 1. The van der Waals surface area contributed by atoms with Crippen LogP contribution in [0.3, 0.4) is 0 Å². The molecule has 1 atom stereocenters. The summed E-state index contributed by atoms with van der Waals surface area (Å²) in [6, 6.07) is -0.894. The summed E-state index contributed by atoms with van der Waals surface area (Å²) in [6.07, 6.45) is -0.0504. The predicted octanol–water partition coefficient (Wildman–Crippen LogP) is 1.06. The zero-order valence-corrected chi connectivity index (χ0v) is 11.0. The van der Waals surface area contributed by atoms with Gasteiger partial charge in [0.05, 0.1) is 5.69 Å². The molecule has 1 aromatic rings. The largest absolute Gasteiger partial charge is 0.480 e. The summed E-state index contributed by atoms with van der Waals surface area (Å²) in [6.45, 7) is 7.02. The predicted molar refractivity (Wildman–Crippen MR) is 64.1 cm³/mol. The van der Waals surface area contributed by atoms with Crippen LogP contribution in [-0.4, -0.2) is 28.0 Å². The van der Waals surface area contributed by atoms with Crippen molar-refractivity contribution in [2.24, 2.45) is 5.92 Å². The topological polar surface area (TPSA) is 92.4 Å². The summed E-state index contributed by atoms with van der Waals surface area (Å²) in [5, 5.41) is 11.4. The van der Waals surface area contributed by atoms with Gasteiger partial charge in [0.1, 0.15) is 18.2 Å². The number of aromatic nitrogens is 1. The molecule has 6 nitrogen and oxygen atoms in total. The van der Waals surface area contributed by atoms with Crippen LogP contribution in [0.1, 0.15) is 31.2 Å². The van der Waals surface area contributed by atoms with Crippen LogP contribution in [0.4, 0.5) is 0 Å². The molecule has 0 aliphatic heterocycles. The Kier molecular flexibility index (Phi) is 4.47. The van der Waals surface area contributed by atoms with E-state index in [1.54, 1.807) is 27.7 Å². The third-order valence-electron chi connectivity index (χ3n) is 2.63. The number of carbonyl (C=O) groups is 2. The fourth-order valence-electron chi connectivity index (χ4n) is 1.49. The van der Waals surface area contributed by atoms with Gasteiger partial charge in [-0.05, 0) is 19.8 Å². The van der Waals surface area contributed by atoms with Crippen molar-refractivity contribution in [2.45, 2.75) is 40.2 Å². The maximum Gasteiger partial charge on any atom is 0.326 e. The van der Waals surface area contributed by atoms with Crippen LogP contribution in [0, 0.1) is 19.8 Å². The first-order valence-corrected chi connectivity index (χ1v) is 5.76. The number of oxazole rings is 1. The van der Waals surface area contributed by atoms with Gasteiger partial charge < -0.3 is 14.8 Å². The highest BCUT2D eigenvalue weighted by atomic mass is 16.4. The van der Waals surface area contributed by atoms with Crippen LogP contribution in [0.25, 0.3) is 0 Å². The van der Waals surface area contributed by atoms with Crippen molar-refractivity contribution in [3.05, 3.63) is 17.3 Å². The van der Waals surface area contributed by atoms with E-state index in [0.29, 0.717) is 11.7 Å². The minimum absolute atomic E-state index is 0.0504. The van der Waals surface area contributed by atoms with Crippen molar-refractivity contribution in [3.63, 3.8) is 0 Å². The van der Waals surface area contributed by atoms with Gasteiger partial charge in [-0.1, -0.05) is 13.8 Å². The quantitative estimate of drug-likeness (QED) is 0.819. The van der Waals surface area contributed by atoms with Gasteiger partial charge >= 0.3 is 5.97 Å². The molecule has 0 spiro atoms. The first-order chi connectivity index (χ1) is 8.31. The number of carboxylic acid groups (broad SMARTS) is 1. The number of hydrogen-bond donors (Lipinski definition) is 2. The maximum atomic E-state index is 11.7. The SMILES string of the molecule is Cc1nc(CC(=O)N[C@H](C(=O)O)C(C)C)oc1C. The van der Waals surface area contributed by atoms with E-state index in [1.807, 2.05) is 0 Å². The average Bonchev–Trinajstić information content (AvgIpc) is 2.53. The molecule has 0 radical (unpaired) electrons. The number of nitrogens with zero attached hydrogens (tertiary/aromatic N) is 1. The van der Waals surface area contributed by atoms with E-state index in [0.717, 1.165) is 5.69 Å². The fraction of sp³-hybridized carbons (Fsp3) is 0.583. The summed E-state index contributed by atoms with van der Waals surface area (Å²) in [4.78, 5) is 26.7. The van der Waals surface area contributed by atoms with E-state index in [4.69, 9.17) is 9.52 Å². The smallest absolute Gasteiger partial charge is 0.326 e. The number of aryl methyl sites for hydroxylation is 2. The van der Waals surface area contributed by atoms with Crippen molar-refractivity contribution >= 4 is 11.9 Å². The van der Waals surface area contributed by atoms with E-state index < -0.39 is 17.9 Å². The van der Waals surface area contributed by atoms with Gasteiger partial charge in [-0.3, -0.25) is 4.79 Å². The van der Waals surface area contributed by atoms with Gasteiger partial charge in [0.2, 0.25) is 11.8 Å². The lowest BCUT2D eigenvalue weighted by Gasteiger charge is -2.17. The third kappa shape index (κ3) is 3.58. The second-order valence-electron chi connectivity index (χ2n) is 4.55. The molecule has 1 rings (SSSR count). The zero-order valence-electron chi connectivity index (χ0n) is 11.0. The van der Waals surface area contributed by atoms with Crippen LogP contribution in [-0.2, 0) is 16.0 Å². The zero-order chi connectivity index (χ0) is 13.9. The molecule has 2 N–H and O–H groups in total. The second-order valence-corrected chi connectivity index (χ2v) is 4.55. The Morgan fingerprint density at radius 3 is 2.39 bits per heavy atom. The van der Waals surface area contributed by atoms with E-state index in [1.165, 1.54) is 0 Å².